The van der Waals surface area contributed by atoms with Crippen LogP contribution in [0, 0.1) is 11.3 Å². The number of aromatic nitrogens is 3. The van der Waals surface area contributed by atoms with Crippen LogP contribution < -0.4 is 0 Å². The molecule has 0 bridgehead atoms. The lowest BCUT2D eigenvalue weighted by molar-refractivity contribution is 0.593. The van der Waals surface area contributed by atoms with Gasteiger partial charge in [0.1, 0.15) is 6.07 Å². The van der Waals surface area contributed by atoms with Crippen molar-refractivity contribution in [3.05, 3.63) is 23.5 Å². The van der Waals surface area contributed by atoms with Crippen LogP contribution in [0.25, 0.3) is 0 Å². The van der Waals surface area contributed by atoms with E-state index in [1.165, 1.54) is 0 Å². The number of hydrogen-bond donors (Lipinski definition) is 0. The average Bonchev–Trinajstić information content (AvgIpc) is 2.46. The Morgan fingerprint density at radius 3 is 2.71 bits per heavy atom. The van der Waals surface area contributed by atoms with Gasteiger partial charge in [0.2, 0.25) is 0 Å². The largest absolute Gasteiger partial charge is 0.244 e. The fourth-order valence-electron chi connectivity index (χ4n) is 1.34. The zero-order valence-corrected chi connectivity index (χ0v) is 8.78. The second-order valence-corrected chi connectivity index (χ2v) is 3.70. The van der Waals surface area contributed by atoms with Crippen molar-refractivity contribution in [1.29, 1.82) is 5.26 Å². The molecule has 0 N–H and O–H groups in total. The molecule has 0 fully saturated rings. The summed E-state index contributed by atoms with van der Waals surface area (Å²) in [4.78, 5) is 0. The predicted octanol–water partition coefficient (Wildman–Crippen LogP) is 1.85. The van der Waals surface area contributed by atoms with Crippen molar-refractivity contribution in [2.24, 2.45) is 0 Å². The number of nitrogens with zero attached hydrogens (tertiary/aromatic N) is 4. The highest BCUT2D eigenvalue weighted by Gasteiger charge is 2.15. The summed E-state index contributed by atoms with van der Waals surface area (Å²) in [6.45, 7) is 10.4. The van der Waals surface area contributed by atoms with Gasteiger partial charge in [-0.1, -0.05) is 31.2 Å². The van der Waals surface area contributed by atoms with E-state index in [-0.39, 0.29) is 5.92 Å². The molecule has 0 saturated carbocycles. The third-order valence-corrected chi connectivity index (χ3v) is 1.85. The van der Waals surface area contributed by atoms with E-state index in [2.05, 4.69) is 16.9 Å². The maximum atomic E-state index is 8.83. The van der Waals surface area contributed by atoms with E-state index in [4.69, 9.17) is 5.26 Å². The molecule has 0 spiro atoms. The lowest BCUT2D eigenvalue weighted by Gasteiger charge is -2.08. The minimum absolute atomic E-state index is 0.249. The minimum Gasteiger partial charge on any atom is -0.244 e. The van der Waals surface area contributed by atoms with Gasteiger partial charge in [0.05, 0.1) is 12.2 Å². The first-order valence-corrected chi connectivity index (χ1v) is 4.54. The Bertz CT molecular complexity index is 381. The Morgan fingerprint density at radius 1 is 1.64 bits per heavy atom. The molecule has 0 aliphatic carbocycles. The first-order valence-electron chi connectivity index (χ1n) is 4.54. The van der Waals surface area contributed by atoms with Crippen molar-refractivity contribution < 1.29 is 0 Å². The predicted molar refractivity (Wildman–Crippen MR) is 53.6 cm³/mol. The van der Waals surface area contributed by atoms with Gasteiger partial charge in [-0.25, -0.2) is 4.68 Å². The highest BCUT2D eigenvalue weighted by atomic mass is 15.4. The lowest BCUT2D eigenvalue weighted by Crippen LogP contribution is -2.07. The topological polar surface area (TPSA) is 54.5 Å². The Hall–Kier alpha value is -1.63. The van der Waals surface area contributed by atoms with Gasteiger partial charge in [-0.15, -0.1) is 5.10 Å². The van der Waals surface area contributed by atoms with Gasteiger partial charge in [-0.2, -0.15) is 5.26 Å². The van der Waals surface area contributed by atoms with Crippen molar-refractivity contribution in [1.82, 2.24) is 15.0 Å². The maximum Gasteiger partial charge on any atom is 0.186 e. The summed E-state index contributed by atoms with van der Waals surface area (Å²) in [5.41, 5.74) is 2.30. The first-order chi connectivity index (χ1) is 6.56. The van der Waals surface area contributed by atoms with Crippen molar-refractivity contribution in [3.8, 4) is 6.07 Å². The molecule has 0 aromatic carbocycles. The molecule has 0 aliphatic rings. The second kappa shape index (κ2) is 4.05. The van der Waals surface area contributed by atoms with Gasteiger partial charge in [0, 0.05) is 0 Å². The van der Waals surface area contributed by atoms with Gasteiger partial charge in [0.25, 0.3) is 0 Å². The molecule has 0 radical (unpaired) electrons. The number of hydrogen-bond acceptors (Lipinski definition) is 3. The van der Waals surface area contributed by atoms with E-state index in [0.717, 1.165) is 11.3 Å². The maximum absolute atomic E-state index is 8.83. The zero-order chi connectivity index (χ0) is 10.7. The van der Waals surface area contributed by atoms with E-state index < -0.39 is 0 Å². The Balaban J connectivity index is 3.12. The van der Waals surface area contributed by atoms with Gasteiger partial charge in [0.15, 0.2) is 5.69 Å². The summed E-state index contributed by atoms with van der Waals surface area (Å²) in [6, 6.07) is 2.05. The summed E-state index contributed by atoms with van der Waals surface area (Å²) < 4.78 is 1.74. The molecular formula is C10H14N4. The van der Waals surface area contributed by atoms with Gasteiger partial charge in [-0.3, -0.25) is 0 Å². The van der Waals surface area contributed by atoms with Crippen molar-refractivity contribution >= 4 is 0 Å². The van der Waals surface area contributed by atoms with E-state index in [0.29, 0.717) is 12.2 Å². The third kappa shape index (κ3) is 1.99. The summed E-state index contributed by atoms with van der Waals surface area (Å²) in [5, 5.41) is 16.6. The van der Waals surface area contributed by atoms with Crippen LogP contribution in [0.5, 0.6) is 0 Å². The quantitative estimate of drug-likeness (QED) is 0.683. The molecule has 1 rings (SSSR count). The van der Waals surface area contributed by atoms with E-state index >= 15 is 0 Å². The monoisotopic (exact) mass is 190 g/mol. The fraction of sp³-hybridized carbons (Fsp3) is 0.500. The lowest BCUT2D eigenvalue weighted by atomic mass is 10.1. The average molecular weight is 190 g/mol. The molecule has 4 nitrogen and oxygen atoms in total. The Morgan fingerprint density at radius 2 is 2.29 bits per heavy atom. The van der Waals surface area contributed by atoms with Crippen LogP contribution in [0.2, 0.25) is 0 Å². The molecule has 1 aromatic rings. The van der Waals surface area contributed by atoms with Crippen molar-refractivity contribution in [3.63, 3.8) is 0 Å². The fourth-order valence-corrected chi connectivity index (χ4v) is 1.34. The van der Waals surface area contributed by atoms with E-state index in [9.17, 15) is 0 Å². The normalized spacial score (nSPS) is 10.2. The van der Waals surface area contributed by atoms with Gasteiger partial charge >= 0.3 is 0 Å². The molecule has 1 aromatic heterocycles. The smallest absolute Gasteiger partial charge is 0.186 e. The number of nitriles is 1. The molecule has 0 unspecified atom stereocenters. The number of allylic oxidation sites excluding steroid dienone is 1. The zero-order valence-electron chi connectivity index (χ0n) is 8.78. The minimum atomic E-state index is 0.249. The second-order valence-electron chi connectivity index (χ2n) is 3.70. The molecule has 0 saturated heterocycles. The molecule has 0 aliphatic heterocycles. The molecule has 1 heterocycles. The van der Waals surface area contributed by atoms with Gasteiger partial charge in [-0.05, 0) is 12.8 Å². The Labute approximate surface area is 83.8 Å². The van der Waals surface area contributed by atoms with Crippen LogP contribution in [0.4, 0.5) is 0 Å². The Kier molecular flexibility index (Phi) is 3.03. The highest BCUT2D eigenvalue weighted by Crippen LogP contribution is 2.17. The van der Waals surface area contributed by atoms with Crippen LogP contribution in [0.1, 0.15) is 38.1 Å². The summed E-state index contributed by atoms with van der Waals surface area (Å²) in [6.07, 6.45) is 0. The first kappa shape index (κ1) is 10.5. The van der Waals surface area contributed by atoms with Gasteiger partial charge < -0.3 is 0 Å². The molecule has 74 valence electrons. The molecule has 0 amide bonds. The van der Waals surface area contributed by atoms with Crippen molar-refractivity contribution in [2.75, 3.05) is 0 Å². The molecule has 4 heteroatoms. The third-order valence-electron chi connectivity index (χ3n) is 1.85. The molecule has 0 atom stereocenters. The van der Waals surface area contributed by atoms with E-state index in [1.54, 1.807) is 4.68 Å². The summed E-state index contributed by atoms with van der Waals surface area (Å²) >= 11 is 0. The standard InChI is InChI=1S/C10H14N4/c1-7(2)6-14-10(8(3)4)9(5-11)12-13-14/h8H,1,6H2,2-4H3. The SMILES string of the molecule is C=C(C)Cn1nnc(C#N)c1C(C)C. The van der Waals surface area contributed by atoms with Crippen LogP contribution >= 0.6 is 0 Å². The van der Waals surface area contributed by atoms with Crippen molar-refractivity contribution in [2.45, 2.75) is 33.2 Å². The van der Waals surface area contributed by atoms with Crippen LogP contribution in [-0.2, 0) is 6.54 Å². The molecule has 14 heavy (non-hydrogen) atoms. The van der Waals surface area contributed by atoms with Crippen LogP contribution in [0.3, 0.4) is 0 Å². The van der Waals surface area contributed by atoms with Crippen LogP contribution in [-0.4, -0.2) is 15.0 Å². The number of rotatable bonds is 3. The summed E-state index contributed by atoms with van der Waals surface area (Å²) in [7, 11) is 0. The molecular weight excluding hydrogens is 176 g/mol. The highest BCUT2D eigenvalue weighted by molar-refractivity contribution is 5.27. The van der Waals surface area contributed by atoms with Crippen LogP contribution in [0.15, 0.2) is 12.2 Å². The van der Waals surface area contributed by atoms with E-state index in [1.807, 2.05) is 26.8 Å². The summed E-state index contributed by atoms with van der Waals surface area (Å²) in [5.74, 6) is 0.249.